The predicted octanol–water partition coefficient (Wildman–Crippen LogP) is 2.01. The van der Waals surface area contributed by atoms with Crippen LogP contribution < -0.4 is 0 Å². The molecule has 14 heavy (non-hydrogen) atoms. The first-order chi connectivity index (χ1) is 6.79. The Morgan fingerprint density at radius 2 is 2.00 bits per heavy atom. The number of ether oxygens (including phenoxy) is 1. The SMILES string of the molecule is CCOC(=O)C(C=O)=C1CCCCC1. The fourth-order valence-corrected chi connectivity index (χ4v) is 1.73. The number of hydrogen-bond donors (Lipinski definition) is 0. The molecule has 1 saturated carbocycles. The number of carbonyl (C=O) groups is 2. The van der Waals surface area contributed by atoms with Gasteiger partial charge >= 0.3 is 5.97 Å². The van der Waals surface area contributed by atoms with Crippen molar-refractivity contribution in [1.29, 1.82) is 0 Å². The molecule has 0 aromatic carbocycles. The van der Waals surface area contributed by atoms with Gasteiger partial charge in [0.25, 0.3) is 0 Å². The molecule has 3 heteroatoms. The summed E-state index contributed by atoms with van der Waals surface area (Å²) >= 11 is 0. The summed E-state index contributed by atoms with van der Waals surface area (Å²) in [6.45, 7) is 2.06. The largest absolute Gasteiger partial charge is 0.462 e. The van der Waals surface area contributed by atoms with E-state index in [-0.39, 0.29) is 5.57 Å². The minimum Gasteiger partial charge on any atom is -0.462 e. The van der Waals surface area contributed by atoms with Crippen LogP contribution in [0.4, 0.5) is 0 Å². The normalized spacial score (nSPS) is 16.2. The number of rotatable bonds is 3. The summed E-state index contributed by atoms with van der Waals surface area (Å²) in [6, 6.07) is 0. The topological polar surface area (TPSA) is 43.4 Å². The maximum Gasteiger partial charge on any atom is 0.341 e. The van der Waals surface area contributed by atoms with Crippen LogP contribution in [0.15, 0.2) is 11.1 Å². The van der Waals surface area contributed by atoms with Crippen molar-refractivity contribution in [3.05, 3.63) is 11.1 Å². The molecule has 1 aliphatic rings. The zero-order chi connectivity index (χ0) is 10.4. The third-order valence-corrected chi connectivity index (χ3v) is 2.45. The highest BCUT2D eigenvalue weighted by molar-refractivity contribution is 6.08. The highest BCUT2D eigenvalue weighted by Crippen LogP contribution is 2.25. The number of esters is 1. The lowest BCUT2D eigenvalue weighted by atomic mass is 9.91. The molecule has 0 heterocycles. The number of hydrogen-bond acceptors (Lipinski definition) is 3. The third-order valence-electron chi connectivity index (χ3n) is 2.45. The Morgan fingerprint density at radius 1 is 1.36 bits per heavy atom. The van der Waals surface area contributed by atoms with Crippen molar-refractivity contribution in [2.24, 2.45) is 0 Å². The van der Waals surface area contributed by atoms with Crippen LogP contribution >= 0.6 is 0 Å². The molecule has 1 aliphatic carbocycles. The Hall–Kier alpha value is -1.12. The van der Waals surface area contributed by atoms with Gasteiger partial charge in [-0.2, -0.15) is 0 Å². The quantitative estimate of drug-likeness (QED) is 0.228. The Balaban J connectivity index is 2.75. The Kier molecular flexibility index (Phi) is 4.36. The molecule has 0 aliphatic heterocycles. The van der Waals surface area contributed by atoms with Crippen molar-refractivity contribution in [2.75, 3.05) is 6.61 Å². The van der Waals surface area contributed by atoms with Gasteiger partial charge in [-0.1, -0.05) is 12.0 Å². The van der Waals surface area contributed by atoms with Crippen molar-refractivity contribution in [3.63, 3.8) is 0 Å². The van der Waals surface area contributed by atoms with E-state index in [1.165, 1.54) is 6.42 Å². The molecule has 3 nitrogen and oxygen atoms in total. The summed E-state index contributed by atoms with van der Waals surface area (Å²) < 4.78 is 4.82. The molecule has 78 valence electrons. The minimum absolute atomic E-state index is 0.256. The first-order valence-corrected chi connectivity index (χ1v) is 5.14. The maximum atomic E-state index is 11.4. The first kappa shape index (κ1) is 11.0. The standard InChI is InChI=1S/C11H16O3/c1-2-14-11(13)10(8-12)9-6-4-3-5-7-9/h8H,2-7H2,1H3. The predicted molar refractivity (Wildman–Crippen MR) is 52.8 cm³/mol. The second kappa shape index (κ2) is 5.58. The van der Waals surface area contributed by atoms with Gasteiger partial charge < -0.3 is 4.74 Å². The Bertz CT molecular complexity index is 245. The van der Waals surface area contributed by atoms with Crippen molar-refractivity contribution < 1.29 is 14.3 Å². The highest BCUT2D eigenvalue weighted by atomic mass is 16.5. The molecule has 0 aromatic heterocycles. The molecule has 0 N–H and O–H groups in total. The third kappa shape index (κ3) is 2.69. The van der Waals surface area contributed by atoms with Crippen molar-refractivity contribution in [3.8, 4) is 0 Å². The molecule has 0 spiro atoms. The van der Waals surface area contributed by atoms with E-state index in [0.717, 1.165) is 31.3 Å². The van der Waals surface area contributed by atoms with E-state index in [1.807, 2.05) is 0 Å². The fraction of sp³-hybridized carbons (Fsp3) is 0.636. The van der Waals surface area contributed by atoms with E-state index < -0.39 is 5.97 Å². The van der Waals surface area contributed by atoms with Crippen molar-refractivity contribution in [2.45, 2.75) is 39.0 Å². The lowest BCUT2D eigenvalue weighted by Crippen LogP contribution is -2.12. The number of allylic oxidation sites excluding steroid dienone is 1. The van der Waals surface area contributed by atoms with E-state index in [0.29, 0.717) is 12.9 Å². The van der Waals surface area contributed by atoms with Gasteiger partial charge in [-0.05, 0) is 32.6 Å². The summed E-state index contributed by atoms with van der Waals surface area (Å²) in [7, 11) is 0. The molecule has 0 unspecified atom stereocenters. The van der Waals surface area contributed by atoms with Gasteiger partial charge in [0, 0.05) is 0 Å². The van der Waals surface area contributed by atoms with Gasteiger partial charge in [0.15, 0.2) is 6.29 Å². The average molecular weight is 196 g/mol. The van der Waals surface area contributed by atoms with E-state index in [9.17, 15) is 9.59 Å². The molecule has 0 aromatic rings. The molecule has 0 atom stereocenters. The molecule has 0 bridgehead atoms. The van der Waals surface area contributed by atoms with E-state index in [2.05, 4.69) is 0 Å². The number of aldehydes is 1. The maximum absolute atomic E-state index is 11.4. The van der Waals surface area contributed by atoms with Crippen LogP contribution in [0.2, 0.25) is 0 Å². The van der Waals surface area contributed by atoms with Crippen LogP contribution in [-0.4, -0.2) is 18.9 Å². The monoisotopic (exact) mass is 196 g/mol. The van der Waals surface area contributed by atoms with E-state index >= 15 is 0 Å². The van der Waals surface area contributed by atoms with Crippen LogP contribution in [0, 0.1) is 0 Å². The molecule has 1 fully saturated rings. The molecule has 0 saturated heterocycles. The number of carbonyl (C=O) groups excluding carboxylic acids is 2. The minimum atomic E-state index is -0.459. The van der Waals surface area contributed by atoms with Crippen LogP contribution in [0.25, 0.3) is 0 Å². The van der Waals surface area contributed by atoms with Gasteiger partial charge in [-0.3, -0.25) is 4.79 Å². The van der Waals surface area contributed by atoms with E-state index in [4.69, 9.17) is 4.74 Å². The summed E-state index contributed by atoms with van der Waals surface area (Å²) in [6.07, 6.45) is 5.72. The van der Waals surface area contributed by atoms with Gasteiger partial charge in [-0.15, -0.1) is 0 Å². The smallest absolute Gasteiger partial charge is 0.341 e. The fourth-order valence-electron chi connectivity index (χ4n) is 1.73. The molecule has 1 rings (SSSR count). The lowest BCUT2D eigenvalue weighted by Gasteiger charge is -2.15. The zero-order valence-corrected chi connectivity index (χ0v) is 8.54. The van der Waals surface area contributed by atoms with Gasteiger partial charge in [0.1, 0.15) is 0 Å². The average Bonchev–Trinajstić information content (AvgIpc) is 2.21. The van der Waals surface area contributed by atoms with Crippen molar-refractivity contribution >= 4 is 12.3 Å². The summed E-state index contributed by atoms with van der Waals surface area (Å²) in [5, 5.41) is 0. The first-order valence-electron chi connectivity index (χ1n) is 5.14. The zero-order valence-electron chi connectivity index (χ0n) is 8.54. The second-order valence-corrected chi connectivity index (χ2v) is 3.42. The Labute approximate surface area is 84.1 Å². The van der Waals surface area contributed by atoms with Gasteiger partial charge in [0.05, 0.1) is 12.2 Å². The van der Waals surface area contributed by atoms with Crippen molar-refractivity contribution in [1.82, 2.24) is 0 Å². The summed E-state index contributed by atoms with van der Waals surface area (Å²) in [5.74, 6) is -0.459. The lowest BCUT2D eigenvalue weighted by molar-refractivity contribution is -0.139. The molecule has 0 radical (unpaired) electrons. The Morgan fingerprint density at radius 3 is 2.50 bits per heavy atom. The highest BCUT2D eigenvalue weighted by Gasteiger charge is 2.17. The van der Waals surface area contributed by atoms with Crippen LogP contribution in [-0.2, 0) is 14.3 Å². The van der Waals surface area contributed by atoms with Gasteiger partial charge in [0.2, 0.25) is 0 Å². The van der Waals surface area contributed by atoms with E-state index in [1.54, 1.807) is 6.92 Å². The van der Waals surface area contributed by atoms with Crippen LogP contribution in [0.3, 0.4) is 0 Å². The van der Waals surface area contributed by atoms with Gasteiger partial charge in [-0.25, -0.2) is 4.79 Å². The second-order valence-electron chi connectivity index (χ2n) is 3.42. The summed E-state index contributed by atoms with van der Waals surface area (Å²) in [5.41, 5.74) is 1.23. The van der Waals surface area contributed by atoms with Crippen LogP contribution in [0.1, 0.15) is 39.0 Å². The summed E-state index contributed by atoms with van der Waals surface area (Å²) in [4.78, 5) is 22.1. The van der Waals surface area contributed by atoms with Crippen LogP contribution in [0.5, 0.6) is 0 Å². The molecular weight excluding hydrogens is 180 g/mol. The molecule has 0 amide bonds. The molecular formula is C11H16O3.